The lowest BCUT2D eigenvalue weighted by Gasteiger charge is -2.09. The third kappa shape index (κ3) is 2.52. The molecule has 0 aromatic heterocycles. The van der Waals surface area contributed by atoms with E-state index in [4.69, 9.17) is 5.11 Å². The molecule has 0 amide bonds. The highest BCUT2D eigenvalue weighted by Crippen LogP contribution is 2.22. The molecule has 0 aliphatic heterocycles. The molecule has 0 aliphatic carbocycles. The van der Waals surface area contributed by atoms with Crippen LogP contribution in [0.5, 0.6) is 0 Å². The van der Waals surface area contributed by atoms with Gasteiger partial charge in [-0.25, -0.2) is 8.78 Å². The second-order valence-electron chi connectivity index (χ2n) is 3.16. The maximum absolute atomic E-state index is 13.1. The number of aliphatic carboxylic acids is 1. The molecule has 0 saturated heterocycles. The maximum atomic E-state index is 13.1. The number of hydrogen-bond donors (Lipinski definition) is 1. The third-order valence-electron chi connectivity index (χ3n) is 1.97. The first-order valence-corrected chi connectivity index (χ1v) is 4.17. The Bertz CT molecular complexity index is 350. The summed E-state index contributed by atoms with van der Waals surface area (Å²) >= 11 is 0. The predicted molar refractivity (Wildman–Crippen MR) is 47.0 cm³/mol. The van der Waals surface area contributed by atoms with Crippen LogP contribution in [0.1, 0.15) is 24.8 Å². The highest BCUT2D eigenvalue weighted by Gasteiger charge is 2.14. The minimum Gasteiger partial charge on any atom is -0.481 e. The van der Waals surface area contributed by atoms with Gasteiger partial charge in [0.25, 0.3) is 0 Å². The molecule has 1 N–H and O–H groups in total. The molecule has 0 spiro atoms. The van der Waals surface area contributed by atoms with Crippen molar-refractivity contribution in [3.05, 3.63) is 35.4 Å². The summed E-state index contributed by atoms with van der Waals surface area (Å²) in [4.78, 5) is 10.4. The highest BCUT2D eigenvalue weighted by atomic mass is 19.1. The van der Waals surface area contributed by atoms with Gasteiger partial charge in [0.05, 0.1) is 6.42 Å². The van der Waals surface area contributed by atoms with E-state index in [9.17, 15) is 13.6 Å². The molecule has 14 heavy (non-hydrogen) atoms. The number of benzene rings is 1. The highest BCUT2D eigenvalue weighted by molar-refractivity contribution is 5.67. The van der Waals surface area contributed by atoms with Gasteiger partial charge in [-0.05, 0) is 29.7 Å². The van der Waals surface area contributed by atoms with Gasteiger partial charge in [0, 0.05) is 0 Å². The SMILES string of the molecule is C[C@H](CC(=O)O)c1cc(F)ccc1F. The predicted octanol–water partition coefficient (Wildman–Crippen LogP) is 2.54. The first-order valence-electron chi connectivity index (χ1n) is 4.17. The van der Waals surface area contributed by atoms with Gasteiger partial charge < -0.3 is 5.11 Å². The van der Waals surface area contributed by atoms with Crippen molar-refractivity contribution in [3.8, 4) is 0 Å². The van der Waals surface area contributed by atoms with Crippen molar-refractivity contribution in [2.45, 2.75) is 19.3 Å². The maximum Gasteiger partial charge on any atom is 0.303 e. The van der Waals surface area contributed by atoms with Crippen LogP contribution in [-0.2, 0) is 4.79 Å². The zero-order chi connectivity index (χ0) is 10.7. The van der Waals surface area contributed by atoms with Gasteiger partial charge in [-0.3, -0.25) is 4.79 Å². The van der Waals surface area contributed by atoms with Gasteiger partial charge in [0.1, 0.15) is 11.6 Å². The summed E-state index contributed by atoms with van der Waals surface area (Å²) in [5, 5.41) is 8.49. The largest absolute Gasteiger partial charge is 0.481 e. The van der Waals surface area contributed by atoms with Crippen LogP contribution in [0.2, 0.25) is 0 Å². The van der Waals surface area contributed by atoms with Crippen LogP contribution in [0, 0.1) is 11.6 Å². The molecule has 76 valence electrons. The number of halogens is 2. The van der Waals surface area contributed by atoms with Crippen molar-refractivity contribution in [1.29, 1.82) is 0 Å². The molecule has 0 fully saturated rings. The Morgan fingerprint density at radius 1 is 1.50 bits per heavy atom. The third-order valence-corrected chi connectivity index (χ3v) is 1.97. The molecule has 0 saturated carbocycles. The fourth-order valence-electron chi connectivity index (χ4n) is 1.26. The van der Waals surface area contributed by atoms with E-state index < -0.39 is 23.5 Å². The summed E-state index contributed by atoms with van der Waals surface area (Å²) in [7, 11) is 0. The van der Waals surface area contributed by atoms with Gasteiger partial charge >= 0.3 is 5.97 Å². The average molecular weight is 200 g/mol. The molecule has 0 bridgehead atoms. The van der Waals surface area contributed by atoms with Crippen molar-refractivity contribution in [3.63, 3.8) is 0 Å². The van der Waals surface area contributed by atoms with Crippen molar-refractivity contribution < 1.29 is 18.7 Å². The Balaban J connectivity index is 2.93. The van der Waals surface area contributed by atoms with Crippen LogP contribution in [0.4, 0.5) is 8.78 Å². The molecule has 0 radical (unpaired) electrons. The molecule has 2 nitrogen and oxygen atoms in total. The minimum absolute atomic E-state index is 0.104. The second-order valence-corrected chi connectivity index (χ2v) is 3.16. The van der Waals surface area contributed by atoms with Gasteiger partial charge in [-0.1, -0.05) is 6.92 Å². The van der Waals surface area contributed by atoms with Gasteiger partial charge in [-0.2, -0.15) is 0 Å². The van der Waals surface area contributed by atoms with E-state index in [1.165, 1.54) is 0 Å². The lowest BCUT2D eigenvalue weighted by molar-refractivity contribution is -0.137. The van der Waals surface area contributed by atoms with E-state index in [1.807, 2.05) is 0 Å². The molecule has 0 aliphatic rings. The number of carboxylic acids is 1. The Morgan fingerprint density at radius 3 is 2.71 bits per heavy atom. The lowest BCUT2D eigenvalue weighted by Crippen LogP contribution is -2.05. The summed E-state index contributed by atoms with van der Waals surface area (Å²) in [5.74, 6) is -2.68. The molecule has 1 aromatic rings. The van der Waals surface area contributed by atoms with Crippen LogP contribution < -0.4 is 0 Å². The van der Waals surface area contributed by atoms with Crippen LogP contribution in [-0.4, -0.2) is 11.1 Å². The molecular formula is C10H10F2O2. The Morgan fingerprint density at radius 2 is 2.14 bits per heavy atom. The summed E-state index contributed by atoms with van der Waals surface area (Å²) in [6, 6.07) is 3.04. The summed E-state index contributed by atoms with van der Waals surface area (Å²) in [6.07, 6.45) is -0.208. The van der Waals surface area contributed by atoms with E-state index in [0.29, 0.717) is 0 Å². The topological polar surface area (TPSA) is 37.3 Å². The van der Waals surface area contributed by atoms with Crippen molar-refractivity contribution >= 4 is 5.97 Å². The zero-order valence-corrected chi connectivity index (χ0v) is 7.63. The summed E-state index contributed by atoms with van der Waals surface area (Å²) in [6.45, 7) is 1.55. The van der Waals surface area contributed by atoms with Crippen molar-refractivity contribution in [1.82, 2.24) is 0 Å². The first-order chi connectivity index (χ1) is 6.50. The quantitative estimate of drug-likeness (QED) is 0.814. The molecule has 1 rings (SSSR count). The van der Waals surface area contributed by atoms with Crippen LogP contribution in [0.3, 0.4) is 0 Å². The van der Waals surface area contributed by atoms with E-state index in [1.54, 1.807) is 6.92 Å². The summed E-state index contributed by atoms with van der Waals surface area (Å²) < 4.78 is 25.8. The van der Waals surface area contributed by atoms with Crippen LogP contribution in [0.25, 0.3) is 0 Å². The van der Waals surface area contributed by atoms with Gasteiger partial charge in [0.15, 0.2) is 0 Å². The van der Waals surface area contributed by atoms with Gasteiger partial charge in [-0.15, -0.1) is 0 Å². The fraction of sp³-hybridized carbons (Fsp3) is 0.300. The fourth-order valence-corrected chi connectivity index (χ4v) is 1.26. The smallest absolute Gasteiger partial charge is 0.303 e. The number of carbonyl (C=O) groups is 1. The monoisotopic (exact) mass is 200 g/mol. The molecule has 1 aromatic carbocycles. The van der Waals surface area contributed by atoms with Crippen LogP contribution in [0.15, 0.2) is 18.2 Å². The van der Waals surface area contributed by atoms with Gasteiger partial charge in [0.2, 0.25) is 0 Å². The van der Waals surface area contributed by atoms with E-state index in [2.05, 4.69) is 0 Å². The first kappa shape index (κ1) is 10.6. The number of carboxylic acid groups (broad SMARTS) is 1. The van der Waals surface area contributed by atoms with E-state index in [0.717, 1.165) is 18.2 Å². The zero-order valence-electron chi connectivity index (χ0n) is 7.63. The number of hydrogen-bond acceptors (Lipinski definition) is 1. The summed E-state index contributed by atoms with van der Waals surface area (Å²) in [5.41, 5.74) is 0.104. The lowest BCUT2D eigenvalue weighted by atomic mass is 9.97. The second kappa shape index (κ2) is 4.17. The normalized spacial score (nSPS) is 12.5. The number of rotatable bonds is 3. The standard InChI is InChI=1S/C10H10F2O2/c1-6(4-10(13)14)8-5-7(11)2-3-9(8)12/h2-3,5-6H,4H2,1H3,(H,13,14)/t6-/m1/s1. The Kier molecular flexibility index (Phi) is 3.17. The molecule has 0 heterocycles. The molecular weight excluding hydrogens is 190 g/mol. The minimum atomic E-state index is -1.03. The average Bonchev–Trinajstić information content (AvgIpc) is 2.08. The Labute approximate surface area is 80.2 Å². The van der Waals surface area contributed by atoms with E-state index >= 15 is 0 Å². The van der Waals surface area contributed by atoms with Crippen LogP contribution >= 0.6 is 0 Å². The van der Waals surface area contributed by atoms with Crippen molar-refractivity contribution in [2.75, 3.05) is 0 Å². The Hall–Kier alpha value is -1.45. The molecule has 4 heteroatoms. The molecule has 1 atom stereocenters. The van der Waals surface area contributed by atoms with Crippen molar-refractivity contribution in [2.24, 2.45) is 0 Å². The van der Waals surface area contributed by atoms with E-state index in [-0.39, 0.29) is 12.0 Å². The molecule has 0 unspecified atom stereocenters.